The predicted molar refractivity (Wildman–Crippen MR) is 57.4 cm³/mol. The molecule has 0 fully saturated rings. The Hall–Kier alpha value is -2.05. The van der Waals surface area contributed by atoms with Crippen molar-refractivity contribution in [2.45, 2.75) is 19.6 Å². The lowest BCUT2D eigenvalue weighted by atomic mass is 10.2. The van der Waals surface area contributed by atoms with E-state index < -0.39 is 18.0 Å². The summed E-state index contributed by atoms with van der Waals surface area (Å²) in [6.45, 7) is 1.68. The molecule has 1 heterocycles. The van der Waals surface area contributed by atoms with Crippen LogP contribution in [-0.4, -0.2) is 20.6 Å². The first-order valence-electron chi connectivity index (χ1n) is 5.15. The Labute approximate surface area is 99.7 Å². The Morgan fingerprint density at radius 3 is 2.61 bits per heavy atom. The number of alkyl halides is 3. The second-order valence-electron chi connectivity index (χ2n) is 3.69. The van der Waals surface area contributed by atoms with Gasteiger partial charge in [0.25, 0.3) is 0 Å². The quantitative estimate of drug-likeness (QED) is 0.901. The number of nitrogens with zero attached hydrogens (tertiary/aromatic N) is 2. The fourth-order valence-corrected chi connectivity index (χ4v) is 1.80. The van der Waals surface area contributed by atoms with Gasteiger partial charge in [-0.1, -0.05) is 0 Å². The number of hydrogen-bond donors (Lipinski definition) is 1. The average Bonchev–Trinajstić information content (AvgIpc) is 2.65. The van der Waals surface area contributed by atoms with E-state index in [2.05, 4.69) is 4.98 Å². The maximum absolute atomic E-state index is 12.7. The molecule has 0 aliphatic carbocycles. The second kappa shape index (κ2) is 4.01. The third-order valence-electron chi connectivity index (χ3n) is 2.56. The SMILES string of the molecule is CCn1c(C(F)(F)F)nc2cc(C(=O)O)ccc21. The first kappa shape index (κ1) is 12.4. The summed E-state index contributed by atoms with van der Waals surface area (Å²) in [5.74, 6) is -2.21. The van der Waals surface area contributed by atoms with Crippen molar-refractivity contribution in [3.05, 3.63) is 29.6 Å². The number of aryl methyl sites for hydroxylation is 1. The van der Waals surface area contributed by atoms with Gasteiger partial charge in [0.2, 0.25) is 5.82 Å². The van der Waals surface area contributed by atoms with E-state index in [1.807, 2.05) is 0 Å². The van der Waals surface area contributed by atoms with Gasteiger partial charge < -0.3 is 9.67 Å². The van der Waals surface area contributed by atoms with E-state index in [0.29, 0.717) is 0 Å². The van der Waals surface area contributed by atoms with Crippen LogP contribution in [0.2, 0.25) is 0 Å². The molecule has 0 radical (unpaired) electrons. The third-order valence-corrected chi connectivity index (χ3v) is 2.56. The highest BCUT2D eigenvalue weighted by atomic mass is 19.4. The molecule has 0 saturated carbocycles. The van der Waals surface area contributed by atoms with Crippen LogP contribution < -0.4 is 0 Å². The molecule has 0 atom stereocenters. The summed E-state index contributed by atoms with van der Waals surface area (Å²) < 4.78 is 39.2. The second-order valence-corrected chi connectivity index (χ2v) is 3.69. The molecule has 7 heteroatoms. The zero-order valence-corrected chi connectivity index (χ0v) is 9.32. The zero-order chi connectivity index (χ0) is 13.5. The van der Waals surface area contributed by atoms with Crippen LogP contribution in [0.5, 0.6) is 0 Å². The van der Waals surface area contributed by atoms with Crippen LogP contribution in [0, 0.1) is 0 Å². The van der Waals surface area contributed by atoms with E-state index in [1.165, 1.54) is 12.1 Å². The van der Waals surface area contributed by atoms with Crippen molar-refractivity contribution in [1.82, 2.24) is 9.55 Å². The van der Waals surface area contributed by atoms with E-state index >= 15 is 0 Å². The number of aromatic carboxylic acids is 1. The number of carbonyl (C=O) groups is 1. The minimum atomic E-state index is -4.56. The fraction of sp³-hybridized carbons (Fsp3) is 0.273. The predicted octanol–water partition coefficient (Wildman–Crippen LogP) is 2.77. The topological polar surface area (TPSA) is 55.1 Å². The molecule has 1 aromatic heterocycles. The van der Waals surface area contributed by atoms with Gasteiger partial charge >= 0.3 is 12.1 Å². The van der Waals surface area contributed by atoms with Crippen LogP contribution in [0.4, 0.5) is 13.2 Å². The summed E-state index contributed by atoms with van der Waals surface area (Å²) in [6, 6.07) is 3.74. The summed E-state index contributed by atoms with van der Waals surface area (Å²) >= 11 is 0. The van der Waals surface area contributed by atoms with Crippen molar-refractivity contribution in [1.29, 1.82) is 0 Å². The van der Waals surface area contributed by atoms with Gasteiger partial charge in [0, 0.05) is 6.54 Å². The average molecular weight is 258 g/mol. The summed E-state index contributed by atoms with van der Waals surface area (Å²) in [7, 11) is 0. The Morgan fingerprint density at radius 2 is 2.11 bits per heavy atom. The zero-order valence-electron chi connectivity index (χ0n) is 9.32. The minimum Gasteiger partial charge on any atom is -0.478 e. The first-order valence-corrected chi connectivity index (χ1v) is 5.15. The first-order chi connectivity index (χ1) is 8.34. The van der Waals surface area contributed by atoms with E-state index in [1.54, 1.807) is 6.92 Å². The van der Waals surface area contributed by atoms with Crippen molar-refractivity contribution in [2.24, 2.45) is 0 Å². The Morgan fingerprint density at radius 1 is 1.44 bits per heavy atom. The highest BCUT2D eigenvalue weighted by Gasteiger charge is 2.37. The van der Waals surface area contributed by atoms with Gasteiger partial charge in [0.05, 0.1) is 16.6 Å². The van der Waals surface area contributed by atoms with Crippen LogP contribution >= 0.6 is 0 Å². The largest absolute Gasteiger partial charge is 0.478 e. The van der Waals surface area contributed by atoms with Crippen LogP contribution in [0.25, 0.3) is 11.0 Å². The van der Waals surface area contributed by atoms with Gasteiger partial charge in [0.1, 0.15) is 0 Å². The maximum atomic E-state index is 12.7. The van der Waals surface area contributed by atoms with Crippen LogP contribution in [-0.2, 0) is 12.7 Å². The number of carboxylic acids is 1. The molecule has 0 bridgehead atoms. The number of hydrogen-bond acceptors (Lipinski definition) is 2. The molecule has 2 rings (SSSR count). The molecule has 18 heavy (non-hydrogen) atoms. The summed E-state index contributed by atoms with van der Waals surface area (Å²) in [6.07, 6.45) is -4.56. The van der Waals surface area contributed by atoms with Crippen LogP contribution in [0.3, 0.4) is 0 Å². The Balaban J connectivity index is 2.72. The lowest BCUT2D eigenvalue weighted by Gasteiger charge is -2.08. The van der Waals surface area contributed by atoms with Gasteiger partial charge in [-0.05, 0) is 25.1 Å². The van der Waals surface area contributed by atoms with Crippen molar-refractivity contribution in [2.75, 3.05) is 0 Å². The molecule has 96 valence electrons. The van der Waals surface area contributed by atoms with Crippen LogP contribution in [0.15, 0.2) is 18.2 Å². The highest BCUT2D eigenvalue weighted by molar-refractivity contribution is 5.92. The van der Waals surface area contributed by atoms with Crippen LogP contribution in [0.1, 0.15) is 23.1 Å². The van der Waals surface area contributed by atoms with Crippen molar-refractivity contribution >= 4 is 17.0 Å². The monoisotopic (exact) mass is 258 g/mol. The van der Waals surface area contributed by atoms with E-state index in [9.17, 15) is 18.0 Å². The number of aromatic nitrogens is 2. The molecule has 0 unspecified atom stereocenters. The molecule has 0 saturated heterocycles. The standard InChI is InChI=1S/C11H9F3N2O2/c1-2-16-8-4-3-6(9(17)18)5-7(8)15-10(16)11(12,13)14/h3-5H,2H2,1H3,(H,17,18). The molecule has 2 aromatic rings. The number of benzene rings is 1. The van der Waals surface area contributed by atoms with Crippen molar-refractivity contribution < 1.29 is 23.1 Å². The number of carboxylic acid groups (broad SMARTS) is 1. The van der Waals surface area contributed by atoms with Crippen molar-refractivity contribution in [3.8, 4) is 0 Å². The van der Waals surface area contributed by atoms with Gasteiger partial charge in [-0.15, -0.1) is 0 Å². The molecule has 0 spiro atoms. The normalized spacial score (nSPS) is 12.0. The lowest BCUT2D eigenvalue weighted by molar-refractivity contribution is -0.146. The molecular weight excluding hydrogens is 249 g/mol. The maximum Gasteiger partial charge on any atom is 0.449 e. The van der Waals surface area contributed by atoms with Gasteiger partial charge in [-0.2, -0.15) is 13.2 Å². The van der Waals surface area contributed by atoms with E-state index in [4.69, 9.17) is 5.11 Å². The molecule has 0 aliphatic heterocycles. The summed E-state index contributed by atoms with van der Waals surface area (Å²) in [4.78, 5) is 14.2. The summed E-state index contributed by atoms with van der Waals surface area (Å²) in [5.41, 5.74) is 0.218. The third kappa shape index (κ3) is 1.92. The Bertz CT molecular complexity index is 617. The number of imidazole rings is 1. The Kier molecular flexibility index (Phi) is 2.76. The molecule has 4 nitrogen and oxygen atoms in total. The number of halogens is 3. The minimum absolute atomic E-state index is 0.0316. The fourth-order valence-electron chi connectivity index (χ4n) is 1.80. The smallest absolute Gasteiger partial charge is 0.449 e. The van der Waals surface area contributed by atoms with E-state index in [-0.39, 0.29) is 23.1 Å². The molecule has 1 N–H and O–H groups in total. The van der Waals surface area contributed by atoms with E-state index in [0.717, 1.165) is 10.6 Å². The molecule has 1 aromatic carbocycles. The van der Waals surface area contributed by atoms with Gasteiger partial charge in [-0.25, -0.2) is 9.78 Å². The molecule has 0 amide bonds. The molecular formula is C11H9F3N2O2. The lowest BCUT2D eigenvalue weighted by Crippen LogP contribution is -2.14. The summed E-state index contributed by atoms with van der Waals surface area (Å²) in [5, 5.41) is 8.78. The molecule has 0 aliphatic rings. The van der Waals surface area contributed by atoms with Gasteiger partial charge in [0.15, 0.2) is 0 Å². The number of rotatable bonds is 2. The van der Waals surface area contributed by atoms with Gasteiger partial charge in [-0.3, -0.25) is 0 Å². The number of fused-ring (bicyclic) bond motifs is 1. The highest BCUT2D eigenvalue weighted by Crippen LogP contribution is 2.31. The van der Waals surface area contributed by atoms with Crippen molar-refractivity contribution in [3.63, 3.8) is 0 Å².